The minimum absolute atomic E-state index is 0.0784. The van der Waals surface area contributed by atoms with Gasteiger partial charge in [0.1, 0.15) is 23.3 Å². The maximum atomic E-state index is 12.9. The molecule has 0 radical (unpaired) electrons. The van der Waals surface area contributed by atoms with E-state index in [0.29, 0.717) is 22.6 Å². The Balaban J connectivity index is 1.73. The monoisotopic (exact) mass is 336 g/mol. The third-order valence-corrected chi connectivity index (χ3v) is 5.01. The molecule has 0 amide bonds. The molecule has 2 aromatic heterocycles. The molecule has 0 aliphatic rings. The van der Waals surface area contributed by atoms with Crippen LogP contribution in [0.2, 0.25) is 0 Å². The summed E-state index contributed by atoms with van der Waals surface area (Å²) in [7, 11) is -3.51. The van der Waals surface area contributed by atoms with Crippen molar-refractivity contribution >= 4 is 26.8 Å². The van der Waals surface area contributed by atoms with E-state index in [0.717, 1.165) is 12.1 Å². The molecule has 120 valence electrons. The molecule has 1 aromatic carbocycles. The fourth-order valence-electron chi connectivity index (χ4n) is 2.12. The van der Waals surface area contributed by atoms with Gasteiger partial charge in [0, 0.05) is 6.54 Å². The molecule has 0 spiro atoms. The summed E-state index contributed by atoms with van der Waals surface area (Å²) in [6.07, 6.45) is 1.31. The van der Waals surface area contributed by atoms with E-state index in [1.807, 2.05) is 0 Å². The van der Waals surface area contributed by atoms with Gasteiger partial charge in [-0.2, -0.15) is 4.98 Å². The number of hydrogen-bond acceptors (Lipinski definition) is 7. The molecule has 0 aliphatic carbocycles. The van der Waals surface area contributed by atoms with Crippen molar-refractivity contribution in [2.75, 3.05) is 17.6 Å². The van der Waals surface area contributed by atoms with Crippen LogP contribution in [0.25, 0.3) is 11.1 Å². The summed E-state index contributed by atoms with van der Waals surface area (Å²) in [6.45, 7) is 1.88. The van der Waals surface area contributed by atoms with Crippen LogP contribution in [0, 0.1) is 12.7 Å². The number of sulfone groups is 1. The van der Waals surface area contributed by atoms with Crippen molar-refractivity contribution in [2.45, 2.75) is 11.8 Å². The Kier molecular flexibility index (Phi) is 3.95. The second kappa shape index (κ2) is 5.92. The van der Waals surface area contributed by atoms with Crippen LogP contribution in [0.3, 0.4) is 0 Å². The summed E-state index contributed by atoms with van der Waals surface area (Å²) in [6, 6.07) is 4.74. The number of aryl methyl sites for hydroxylation is 1. The van der Waals surface area contributed by atoms with Gasteiger partial charge in [-0.25, -0.2) is 17.8 Å². The molecule has 3 aromatic rings. The maximum absolute atomic E-state index is 12.9. The number of halogens is 1. The Morgan fingerprint density at radius 3 is 2.70 bits per heavy atom. The van der Waals surface area contributed by atoms with Crippen molar-refractivity contribution in [3.8, 4) is 0 Å². The van der Waals surface area contributed by atoms with Crippen molar-refractivity contribution in [2.24, 2.45) is 0 Å². The van der Waals surface area contributed by atoms with E-state index in [2.05, 4.69) is 20.4 Å². The summed E-state index contributed by atoms with van der Waals surface area (Å²) in [5.74, 6) is -0.175. The topological polar surface area (TPSA) is 98.0 Å². The number of anilines is 1. The number of nitrogens with one attached hydrogen (secondary N) is 1. The van der Waals surface area contributed by atoms with Crippen molar-refractivity contribution in [3.63, 3.8) is 0 Å². The third kappa shape index (κ3) is 3.14. The lowest BCUT2D eigenvalue weighted by Gasteiger charge is -2.07. The fourth-order valence-corrected chi connectivity index (χ4v) is 3.28. The Hall–Kier alpha value is -2.55. The van der Waals surface area contributed by atoms with Gasteiger partial charge < -0.3 is 9.84 Å². The van der Waals surface area contributed by atoms with Crippen molar-refractivity contribution < 1.29 is 17.3 Å². The van der Waals surface area contributed by atoms with E-state index in [1.165, 1.54) is 18.5 Å². The fraction of sp³-hybridized carbons (Fsp3) is 0.214. The Morgan fingerprint density at radius 2 is 1.96 bits per heavy atom. The minimum Gasteiger partial charge on any atom is -0.368 e. The summed E-state index contributed by atoms with van der Waals surface area (Å²) >= 11 is 0. The van der Waals surface area contributed by atoms with Crippen LogP contribution in [0.1, 0.15) is 5.69 Å². The van der Waals surface area contributed by atoms with Crippen molar-refractivity contribution in [1.29, 1.82) is 0 Å². The summed E-state index contributed by atoms with van der Waals surface area (Å²) in [5, 5.41) is 7.36. The van der Waals surface area contributed by atoms with Gasteiger partial charge in [-0.3, -0.25) is 0 Å². The summed E-state index contributed by atoms with van der Waals surface area (Å²) in [4.78, 5) is 8.10. The molecule has 0 saturated carbocycles. The quantitative estimate of drug-likeness (QED) is 0.711. The molecule has 0 unspecified atom stereocenters. The van der Waals surface area contributed by atoms with E-state index in [4.69, 9.17) is 4.52 Å². The first kappa shape index (κ1) is 15.3. The molecule has 9 heteroatoms. The predicted octanol–water partition coefficient (Wildman–Crippen LogP) is 1.95. The average Bonchev–Trinajstić information content (AvgIpc) is 2.90. The van der Waals surface area contributed by atoms with E-state index in [-0.39, 0.29) is 17.2 Å². The summed E-state index contributed by atoms with van der Waals surface area (Å²) in [5.41, 5.74) is 0.950. The zero-order valence-electron chi connectivity index (χ0n) is 12.2. The number of rotatable bonds is 5. The molecular formula is C14H13FN4O3S. The highest BCUT2D eigenvalue weighted by atomic mass is 32.2. The number of hydrogen-bond donors (Lipinski definition) is 1. The number of benzene rings is 1. The molecular weight excluding hydrogens is 323 g/mol. The Morgan fingerprint density at radius 1 is 1.22 bits per heavy atom. The molecule has 7 nitrogen and oxygen atoms in total. The van der Waals surface area contributed by atoms with Crippen LogP contribution in [0.15, 0.2) is 40.0 Å². The smallest absolute Gasteiger partial charge is 0.263 e. The predicted molar refractivity (Wildman–Crippen MR) is 81.3 cm³/mol. The molecule has 23 heavy (non-hydrogen) atoms. The third-order valence-electron chi connectivity index (χ3n) is 3.28. The van der Waals surface area contributed by atoms with Gasteiger partial charge in [-0.1, -0.05) is 5.16 Å². The van der Waals surface area contributed by atoms with Gasteiger partial charge >= 0.3 is 0 Å². The van der Waals surface area contributed by atoms with Crippen LogP contribution in [0.4, 0.5) is 10.2 Å². The van der Waals surface area contributed by atoms with Crippen molar-refractivity contribution in [3.05, 3.63) is 42.1 Å². The zero-order valence-corrected chi connectivity index (χ0v) is 13.0. The second-order valence-corrected chi connectivity index (χ2v) is 6.98. The molecule has 1 N–H and O–H groups in total. The normalized spacial score (nSPS) is 11.7. The van der Waals surface area contributed by atoms with Gasteiger partial charge in [-0.15, -0.1) is 0 Å². The highest BCUT2D eigenvalue weighted by Gasteiger charge is 2.16. The van der Waals surface area contributed by atoms with Crippen LogP contribution in [0.5, 0.6) is 0 Å². The first-order chi connectivity index (χ1) is 11.0. The van der Waals surface area contributed by atoms with Gasteiger partial charge in [-0.05, 0) is 31.2 Å². The molecule has 3 rings (SSSR count). The molecule has 0 saturated heterocycles. The van der Waals surface area contributed by atoms with Gasteiger partial charge in [0.2, 0.25) is 0 Å². The maximum Gasteiger partial charge on any atom is 0.263 e. The highest BCUT2D eigenvalue weighted by Crippen LogP contribution is 2.22. The Labute approximate surface area is 131 Å². The lowest BCUT2D eigenvalue weighted by atomic mass is 10.3. The first-order valence-corrected chi connectivity index (χ1v) is 8.42. The number of fused-ring (bicyclic) bond motifs is 1. The minimum atomic E-state index is -3.51. The number of aromatic nitrogens is 3. The standard InChI is InChI=1S/C14H13FN4O3S/c1-9-12-13(17-8-18-14(12)22-19-9)16-6-7-23(20,21)11-4-2-10(15)3-5-11/h2-5,8H,6-7H2,1H3,(H,16,17,18). The highest BCUT2D eigenvalue weighted by molar-refractivity contribution is 7.91. The van der Waals surface area contributed by atoms with Crippen LogP contribution < -0.4 is 5.32 Å². The zero-order chi connectivity index (χ0) is 16.4. The molecule has 0 atom stereocenters. The van der Waals surface area contributed by atoms with E-state index < -0.39 is 15.7 Å². The van der Waals surface area contributed by atoms with Crippen LogP contribution in [-0.2, 0) is 9.84 Å². The Bertz CT molecular complexity index is 938. The van der Waals surface area contributed by atoms with E-state index in [9.17, 15) is 12.8 Å². The van der Waals surface area contributed by atoms with Crippen LogP contribution >= 0.6 is 0 Å². The largest absolute Gasteiger partial charge is 0.368 e. The van der Waals surface area contributed by atoms with Gasteiger partial charge in [0.25, 0.3) is 5.71 Å². The SMILES string of the molecule is Cc1noc2ncnc(NCCS(=O)(=O)c3ccc(F)cc3)c12. The van der Waals surface area contributed by atoms with Crippen LogP contribution in [-0.4, -0.2) is 35.8 Å². The average molecular weight is 336 g/mol. The molecule has 0 aliphatic heterocycles. The number of nitrogens with zero attached hydrogens (tertiary/aromatic N) is 3. The molecule has 0 fully saturated rings. The summed E-state index contributed by atoms with van der Waals surface area (Å²) < 4.78 is 42.3. The lowest BCUT2D eigenvalue weighted by Crippen LogP contribution is -2.16. The first-order valence-electron chi connectivity index (χ1n) is 6.76. The van der Waals surface area contributed by atoms with E-state index >= 15 is 0 Å². The van der Waals surface area contributed by atoms with Crippen molar-refractivity contribution in [1.82, 2.24) is 15.1 Å². The van der Waals surface area contributed by atoms with Gasteiger partial charge in [0.15, 0.2) is 9.84 Å². The molecule has 0 bridgehead atoms. The second-order valence-electron chi connectivity index (χ2n) is 4.87. The lowest BCUT2D eigenvalue weighted by molar-refractivity contribution is 0.442. The van der Waals surface area contributed by atoms with E-state index in [1.54, 1.807) is 6.92 Å². The van der Waals surface area contributed by atoms with Gasteiger partial charge in [0.05, 0.1) is 16.3 Å². The molecule has 2 heterocycles.